The van der Waals surface area contributed by atoms with E-state index in [1.165, 1.54) is 16.6 Å². The first kappa shape index (κ1) is 17.0. The number of nitrogen functional groups attached to an aromatic ring is 1. The summed E-state index contributed by atoms with van der Waals surface area (Å²) in [4.78, 5) is 15.3. The number of nitrogens with one attached hydrogen (secondary N) is 1. The quantitative estimate of drug-likeness (QED) is 0.757. The molecule has 1 unspecified atom stereocenters. The third-order valence-electron chi connectivity index (χ3n) is 3.97. The van der Waals surface area contributed by atoms with Gasteiger partial charge in [0.15, 0.2) is 0 Å². The van der Waals surface area contributed by atoms with Crippen molar-refractivity contribution < 1.29 is 18.3 Å². The van der Waals surface area contributed by atoms with Crippen LogP contribution in [0.3, 0.4) is 0 Å². The molecule has 0 fully saturated rings. The molecule has 0 spiro atoms. The number of carbonyl (C=O) groups is 1. The van der Waals surface area contributed by atoms with Gasteiger partial charge in [0, 0.05) is 6.42 Å². The summed E-state index contributed by atoms with van der Waals surface area (Å²) >= 11 is 0. The first-order valence-electron chi connectivity index (χ1n) is 7.60. The third kappa shape index (κ3) is 3.36. The van der Waals surface area contributed by atoms with Gasteiger partial charge in [-0.15, -0.1) is 0 Å². The standard InChI is InChI=1S/C16H18N4O4S/c1-10-3-2-4-13(5-10)25(23,24)20-9-12(19-16(21)22)7-14-15(20)6-11(17)8-18-14/h2-6,8,12,19H,7,9,17H2,1H3,(H,21,22). The van der Waals surface area contributed by atoms with Crippen LogP contribution in [0.15, 0.2) is 41.4 Å². The molecule has 0 aliphatic carbocycles. The summed E-state index contributed by atoms with van der Waals surface area (Å²) in [6.45, 7) is 1.78. The highest BCUT2D eigenvalue weighted by Gasteiger charge is 2.35. The fourth-order valence-electron chi connectivity index (χ4n) is 2.87. The Balaban J connectivity index is 2.09. The smallest absolute Gasteiger partial charge is 0.404 e. The highest BCUT2D eigenvalue weighted by molar-refractivity contribution is 7.92. The minimum absolute atomic E-state index is 0.0271. The lowest BCUT2D eigenvalue weighted by Crippen LogP contribution is -2.50. The van der Waals surface area contributed by atoms with Crippen molar-refractivity contribution in [2.24, 2.45) is 0 Å². The summed E-state index contributed by atoms with van der Waals surface area (Å²) in [5, 5.41) is 11.3. The molecule has 2 heterocycles. The predicted octanol–water partition coefficient (Wildman–Crippen LogP) is 1.36. The SMILES string of the molecule is Cc1cccc(S(=O)(=O)N2CC(NC(=O)O)Cc3ncc(N)cc32)c1. The zero-order valence-electron chi connectivity index (χ0n) is 13.5. The number of aryl methyl sites for hydroxylation is 1. The summed E-state index contributed by atoms with van der Waals surface area (Å²) in [6, 6.07) is 7.50. The van der Waals surface area contributed by atoms with Crippen molar-refractivity contribution in [3.05, 3.63) is 47.8 Å². The van der Waals surface area contributed by atoms with Gasteiger partial charge in [0.25, 0.3) is 10.0 Å². The minimum Gasteiger partial charge on any atom is -0.465 e. The van der Waals surface area contributed by atoms with Gasteiger partial charge >= 0.3 is 6.09 Å². The molecule has 3 rings (SSSR count). The van der Waals surface area contributed by atoms with Crippen LogP contribution < -0.4 is 15.4 Å². The molecule has 1 aromatic carbocycles. The molecule has 1 aliphatic rings. The average Bonchev–Trinajstić information content (AvgIpc) is 2.54. The molecular weight excluding hydrogens is 344 g/mol. The largest absolute Gasteiger partial charge is 0.465 e. The zero-order valence-corrected chi connectivity index (χ0v) is 14.3. The number of nitrogens with zero attached hydrogens (tertiary/aromatic N) is 2. The summed E-state index contributed by atoms with van der Waals surface area (Å²) < 4.78 is 27.4. The molecule has 0 bridgehead atoms. The molecule has 2 aromatic rings. The highest BCUT2D eigenvalue weighted by atomic mass is 32.2. The van der Waals surface area contributed by atoms with Crippen LogP contribution in [0.5, 0.6) is 0 Å². The second-order valence-electron chi connectivity index (χ2n) is 5.94. The topological polar surface area (TPSA) is 126 Å². The Hall–Kier alpha value is -2.81. The fourth-order valence-corrected chi connectivity index (χ4v) is 4.50. The Morgan fingerprint density at radius 3 is 2.84 bits per heavy atom. The van der Waals surface area contributed by atoms with Crippen molar-refractivity contribution in [3.8, 4) is 0 Å². The van der Waals surface area contributed by atoms with Crippen LogP contribution in [0, 0.1) is 6.92 Å². The number of sulfonamides is 1. The predicted molar refractivity (Wildman–Crippen MR) is 93.0 cm³/mol. The number of anilines is 2. The molecule has 1 amide bonds. The van der Waals surface area contributed by atoms with E-state index < -0.39 is 22.2 Å². The maximum atomic E-state index is 13.1. The fraction of sp³-hybridized carbons (Fsp3) is 0.250. The van der Waals surface area contributed by atoms with Gasteiger partial charge in [-0.3, -0.25) is 9.29 Å². The maximum absolute atomic E-state index is 13.1. The van der Waals surface area contributed by atoms with Gasteiger partial charge in [-0.25, -0.2) is 13.2 Å². The number of hydrogen-bond acceptors (Lipinski definition) is 5. The van der Waals surface area contributed by atoms with Crippen molar-refractivity contribution in [2.75, 3.05) is 16.6 Å². The number of nitrogens with two attached hydrogens (primary N) is 1. The molecule has 1 atom stereocenters. The average molecular weight is 362 g/mol. The molecule has 9 heteroatoms. The first-order chi connectivity index (χ1) is 11.8. The van der Waals surface area contributed by atoms with Crippen LogP contribution in [0.4, 0.5) is 16.2 Å². The van der Waals surface area contributed by atoms with Crippen molar-refractivity contribution >= 4 is 27.5 Å². The van der Waals surface area contributed by atoms with Gasteiger partial charge in [-0.1, -0.05) is 12.1 Å². The van der Waals surface area contributed by atoms with Gasteiger partial charge in [0.2, 0.25) is 0 Å². The van der Waals surface area contributed by atoms with E-state index in [9.17, 15) is 13.2 Å². The van der Waals surface area contributed by atoms with Gasteiger partial charge in [0.1, 0.15) is 0 Å². The molecule has 1 aliphatic heterocycles. The Kier molecular flexibility index (Phi) is 4.25. The van der Waals surface area contributed by atoms with E-state index in [1.54, 1.807) is 31.2 Å². The number of aromatic nitrogens is 1. The molecule has 25 heavy (non-hydrogen) atoms. The number of carboxylic acid groups (broad SMARTS) is 1. The molecule has 0 saturated heterocycles. The molecule has 4 N–H and O–H groups in total. The molecule has 132 valence electrons. The van der Waals surface area contributed by atoms with Crippen LogP contribution in [-0.2, 0) is 16.4 Å². The van der Waals surface area contributed by atoms with Crippen LogP contribution in [0.25, 0.3) is 0 Å². The van der Waals surface area contributed by atoms with E-state index in [-0.39, 0.29) is 11.4 Å². The van der Waals surface area contributed by atoms with E-state index in [4.69, 9.17) is 10.8 Å². The normalized spacial score (nSPS) is 17.0. The Morgan fingerprint density at radius 2 is 2.16 bits per heavy atom. The van der Waals surface area contributed by atoms with E-state index in [0.29, 0.717) is 23.5 Å². The number of amides is 1. The van der Waals surface area contributed by atoms with E-state index >= 15 is 0 Å². The van der Waals surface area contributed by atoms with Crippen LogP contribution in [0.2, 0.25) is 0 Å². The summed E-state index contributed by atoms with van der Waals surface area (Å²) in [5.74, 6) is 0. The Bertz CT molecular complexity index is 929. The van der Waals surface area contributed by atoms with E-state index in [0.717, 1.165) is 5.56 Å². The first-order valence-corrected chi connectivity index (χ1v) is 9.04. The Morgan fingerprint density at radius 1 is 1.40 bits per heavy atom. The number of hydrogen-bond donors (Lipinski definition) is 3. The maximum Gasteiger partial charge on any atom is 0.404 e. The number of fused-ring (bicyclic) bond motifs is 1. The molecule has 1 aromatic heterocycles. The lowest BCUT2D eigenvalue weighted by molar-refractivity contribution is 0.190. The monoisotopic (exact) mass is 362 g/mol. The summed E-state index contributed by atoms with van der Waals surface area (Å²) in [6.07, 6.45) is 0.512. The van der Waals surface area contributed by atoms with Crippen LogP contribution in [0.1, 0.15) is 11.3 Å². The second kappa shape index (κ2) is 6.25. The minimum atomic E-state index is -3.88. The summed E-state index contributed by atoms with van der Waals surface area (Å²) in [5.41, 5.74) is 7.78. The van der Waals surface area contributed by atoms with Crippen molar-refractivity contribution in [3.63, 3.8) is 0 Å². The number of pyridine rings is 1. The number of benzene rings is 1. The van der Waals surface area contributed by atoms with Crippen molar-refractivity contribution in [1.29, 1.82) is 0 Å². The molecule has 0 radical (unpaired) electrons. The van der Waals surface area contributed by atoms with Gasteiger partial charge in [-0.05, 0) is 30.7 Å². The molecular formula is C16H18N4O4S. The van der Waals surface area contributed by atoms with Crippen LogP contribution >= 0.6 is 0 Å². The lowest BCUT2D eigenvalue weighted by Gasteiger charge is -2.34. The van der Waals surface area contributed by atoms with Gasteiger partial charge in [0.05, 0.1) is 40.7 Å². The molecule has 8 nitrogen and oxygen atoms in total. The second-order valence-corrected chi connectivity index (χ2v) is 7.80. The molecule has 0 saturated carbocycles. The van der Waals surface area contributed by atoms with Crippen molar-refractivity contribution in [2.45, 2.75) is 24.3 Å². The van der Waals surface area contributed by atoms with Crippen molar-refractivity contribution in [1.82, 2.24) is 10.3 Å². The van der Waals surface area contributed by atoms with Gasteiger partial charge in [-0.2, -0.15) is 0 Å². The highest BCUT2D eigenvalue weighted by Crippen LogP contribution is 2.32. The van der Waals surface area contributed by atoms with Crippen LogP contribution in [-0.4, -0.2) is 37.2 Å². The van der Waals surface area contributed by atoms with Gasteiger partial charge < -0.3 is 16.2 Å². The van der Waals surface area contributed by atoms with E-state index in [1.807, 2.05) is 0 Å². The Labute approximate surface area is 145 Å². The van der Waals surface area contributed by atoms with E-state index in [2.05, 4.69) is 10.3 Å². The number of rotatable bonds is 3. The summed E-state index contributed by atoms with van der Waals surface area (Å²) in [7, 11) is -3.88. The third-order valence-corrected chi connectivity index (χ3v) is 5.74. The zero-order chi connectivity index (χ0) is 18.2. The lowest BCUT2D eigenvalue weighted by atomic mass is 10.0.